The molecule has 2 bridgehead atoms. The van der Waals surface area contributed by atoms with Crippen LogP contribution >= 0.6 is 0 Å². The number of rotatable bonds is 5. The number of benzene rings is 6. The molecule has 0 saturated heterocycles. The predicted molar refractivity (Wildman–Crippen MR) is 232 cm³/mol. The van der Waals surface area contributed by atoms with Gasteiger partial charge >= 0.3 is 0 Å². The van der Waals surface area contributed by atoms with Gasteiger partial charge in [-0.15, -0.1) is 0 Å². The molecule has 2 spiro atoms. The van der Waals surface area contributed by atoms with Crippen molar-refractivity contribution < 1.29 is 4.42 Å². The molecule has 5 aliphatic rings. The summed E-state index contributed by atoms with van der Waals surface area (Å²) in [6.07, 6.45) is 10.1. The summed E-state index contributed by atoms with van der Waals surface area (Å²) in [7, 11) is 0. The van der Waals surface area contributed by atoms with E-state index in [0.717, 1.165) is 52.3 Å². The topological polar surface area (TPSA) is 16.4 Å². The molecule has 7 aromatic rings. The van der Waals surface area contributed by atoms with E-state index >= 15 is 0 Å². The van der Waals surface area contributed by atoms with Gasteiger partial charge in [0.2, 0.25) is 0 Å². The zero-order valence-electron chi connectivity index (χ0n) is 32.7. The largest absolute Gasteiger partial charge is 0.456 e. The molecule has 3 saturated carbocycles. The van der Waals surface area contributed by atoms with Gasteiger partial charge in [-0.25, -0.2) is 0 Å². The minimum absolute atomic E-state index is 0.150. The van der Waals surface area contributed by atoms with E-state index in [2.05, 4.69) is 146 Å². The average molecular weight is 728 g/mol. The maximum absolute atomic E-state index is 6.54. The lowest BCUT2D eigenvalue weighted by molar-refractivity contribution is 0.224. The summed E-state index contributed by atoms with van der Waals surface area (Å²) in [5.41, 5.74) is 18.4. The zero-order chi connectivity index (χ0) is 37.3. The second-order valence-corrected chi connectivity index (χ2v) is 17.9. The number of hydrogen-bond acceptors (Lipinski definition) is 2. The van der Waals surface area contributed by atoms with Crippen LogP contribution in [-0.2, 0) is 10.8 Å². The van der Waals surface area contributed by atoms with Gasteiger partial charge in [-0.3, -0.25) is 0 Å². The average Bonchev–Trinajstić information content (AvgIpc) is 4.06. The van der Waals surface area contributed by atoms with Gasteiger partial charge in [0, 0.05) is 27.6 Å². The monoisotopic (exact) mass is 727 g/mol. The van der Waals surface area contributed by atoms with Crippen molar-refractivity contribution in [3.8, 4) is 22.3 Å². The first-order chi connectivity index (χ1) is 27.5. The normalized spacial score (nSPS) is 26.6. The summed E-state index contributed by atoms with van der Waals surface area (Å²) >= 11 is 0. The van der Waals surface area contributed by atoms with Crippen LogP contribution < -0.4 is 4.90 Å². The van der Waals surface area contributed by atoms with Crippen molar-refractivity contribution in [2.24, 2.45) is 23.7 Å². The van der Waals surface area contributed by atoms with Gasteiger partial charge in [-0.1, -0.05) is 130 Å². The lowest BCUT2D eigenvalue weighted by Crippen LogP contribution is -2.41. The van der Waals surface area contributed by atoms with E-state index in [1.54, 1.807) is 11.1 Å². The number of allylic oxidation sites excluding steroid dienone is 1. The maximum atomic E-state index is 6.54. The number of anilines is 3. The van der Waals surface area contributed by atoms with Gasteiger partial charge in [-0.05, 0) is 143 Å². The Morgan fingerprint density at radius 1 is 0.643 bits per heavy atom. The van der Waals surface area contributed by atoms with Gasteiger partial charge < -0.3 is 9.32 Å². The molecule has 12 rings (SSSR count). The molecule has 1 aromatic heterocycles. The molecule has 2 nitrogen and oxygen atoms in total. The fraction of sp³-hybridized carbons (Fsp3) is 0.296. The van der Waals surface area contributed by atoms with Crippen LogP contribution in [0.5, 0.6) is 0 Å². The Morgan fingerprint density at radius 2 is 1.30 bits per heavy atom. The smallest absolute Gasteiger partial charge is 0.137 e. The maximum Gasteiger partial charge on any atom is 0.137 e. The van der Waals surface area contributed by atoms with Crippen LogP contribution in [0, 0.1) is 23.7 Å². The first-order valence-corrected chi connectivity index (χ1v) is 21.4. The Morgan fingerprint density at radius 3 is 2.05 bits per heavy atom. The molecular weight excluding hydrogens is 679 g/mol. The molecule has 1 heterocycles. The lowest BCUT2D eigenvalue weighted by atomic mass is 9.55. The highest BCUT2D eigenvalue weighted by molar-refractivity contribution is 6.13. The third kappa shape index (κ3) is 4.13. The Bertz CT molecular complexity index is 2770. The number of para-hydroxylation sites is 1. The Kier molecular flexibility index (Phi) is 6.95. The van der Waals surface area contributed by atoms with E-state index in [-0.39, 0.29) is 10.8 Å². The van der Waals surface area contributed by atoms with E-state index in [9.17, 15) is 0 Å². The molecule has 3 fully saturated rings. The van der Waals surface area contributed by atoms with Crippen molar-refractivity contribution in [3.63, 3.8) is 0 Å². The molecule has 56 heavy (non-hydrogen) atoms. The van der Waals surface area contributed by atoms with Crippen LogP contribution in [0.3, 0.4) is 0 Å². The fourth-order valence-electron chi connectivity index (χ4n) is 13.4. The summed E-state index contributed by atoms with van der Waals surface area (Å²) < 4.78 is 6.54. The van der Waals surface area contributed by atoms with Crippen molar-refractivity contribution >= 4 is 39.0 Å². The standard InChI is InChI=1S/C54H49NO/c1-4-34-27-33(3)54(36(5-2)28-34)47-17-10-7-14-41(47)44-31-39(24-26-48(44)54)55(49-18-12-20-51-52(49)42-15-8-11-19-50(42)56-51)38-23-25-46-43(30-38)40-13-6-9-16-45(40)53(46)32-35-21-22-37(53)29-35/h6-20,23-26,30-31,34-37H,3-5,21-22,27-29,32H2,1-2H3. The molecule has 6 atom stereocenters. The summed E-state index contributed by atoms with van der Waals surface area (Å²) in [4.78, 5) is 2.53. The summed E-state index contributed by atoms with van der Waals surface area (Å²) in [6.45, 7) is 9.69. The van der Waals surface area contributed by atoms with Crippen LogP contribution in [0.25, 0.3) is 44.2 Å². The van der Waals surface area contributed by atoms with E-state index in [0.29, 0.717) is 11.8 Å². The SMILES string of the molecule is C=C1CC(CC)CC(CC)C12c1ccccc1-c1cc(N(c3ccc4c(c3)-c3ccccc3C43CC4CCC3C4)c3cccc4oc5ccccc5c34)ccc12. The third-order valence-electron chi connectivity index (χ3n) is 15.6. The van der Waals surface area contributed by atoms with E-state index in [1.165, 1.54) is 88.9 Å². The molecule has 6 unspecified atom stereocenters. The summed E-state index contributed by atoms with van der Waals surface area (Å²) in [6, 6.07) is 48.6. The summed E-state index contributed by atoms with van der Waals surface area (Å²) in [5.74, 6) is 2.82. The lowest BCUT2D eigenvalue weighted by Gasteiger charge is -2.47. The van der Waals surface area contributed by atoms with Crippen molar-refractivity contribution in [2.75, 3.05) is 4.90 Å². The van der Waals surface area contributed by atoms with Crippen LogP contribution in [-0.4, -0.2) is 0 Å². The van der Waals surface area contributed by atoms with Crippen molar-refractivity contribution in [2.45, 2.75) is 76.0 Å². The predicted octanol–water partition coefficient (Wildman–Crippen LogP) is 14.8. The number of furan rings is 1. The first-order valence-electron chi connectivity index (χ1n) is 21.4. The minimum atomic E-state index is -0.150. The van der Waals surface area contributed by atoms with Gasteiger partial charge in [-0.2, -0.15) is 0 Å². The van der Waals surface area contributed by atoms with Gasteiger partial charge in [0.25, 0.3) is 0 Å². The molecule has 6 aromatic carbocycles. The molecule has 2 heteroatoms. The molecule has 276 valence electrons. The molecule has 0 N–H and O–H groups in total. The van der Waals surface area contributed by atoms with E-state index in [1.807, 2.05) is 0 Å². The number of hydrogen-bond donors (Lipinski definition) is 0. The van der Waals surface area contributed by atoms with Gasteiger partial charge in [0.15, 0.2) is 0 Å². The van der Waals surface area contributed by atoms with Crippen LogP contribution in [0.2, 0.25) is 0 Å². The van der Waals surface area contributed by atoms with Gasteiger partial charge in [0.05, 0.1) is 11.1 Å². The summed E-state index contributed by atoms with van der Waals surface area (Å²) in [5, 5.41) is 2.30. The third-order valence-corrected chi connectivity index (χ3v) is 15.6. The zero-order valence-corrected chi connectivity index (χ0v) is 32.7. The second kappa shape index (κ2) is 11.8. The minimum Gasteiger partial charge on any atom is -0.456 e. The number of nitrogens with zero attached hydrogens (tertiary/aromatic N) is 1. The van der Waals surface area contributed by atoms with Crippen LogP contribution in [0.15, 0.2) is 144 Å². The molecular formula is C54H49NO. The highest BCUT2D eigenvalue weighted by Gasteiger charge is 2.57. The fourth-order valence-corrected chi connectivity index (χ4v) is 13.4. The van der Waals surface area contributed by atoms with E-state index in [4.69, 9.17) is 11.0 Å². The first kappa shape index (κ1) is 32.9. The molecule has 0 radical (unpaired) electrons. The highest BCUT2D eigenvalue weighted by Crippen LogP contribution is 2.66. The quantitative estimate of drug-likeness (QED) is 0.164. The highest BCUT2D eigenvalue weighted by atomic mass is 16.3. The van der Waals surface area contributed by atoms with E-state index < -0.39 is 0 Å². The molecule has 0 amide bonds. The van der Waals surface area contributed by atoms with Crippen molar-refractivity contribution in [1.29, 1.82) is 0 Å². The van der Waals surface area contributed by atoms with Gasteiger partial charge in [0.1, 0.15) is 11.2 Å². The number of fused-ring (bicyclic) bond motifs is 16. The Hall–Kier alpha value is -5.34. The van der Waals surface area contributed by atoms with Crippen LogP contribution in [0.4, 0.5) is 17.1 Å². The van der Waals surface area contributed by atoms with Crippen molar-refractivity contribution in [1.82, 2.24) is 0 Å². The Labute approximate surface area is 330 Å². The second-order valence-electron chi connectivity index (χ2n) is 17.9. The molecule has 5 aliphatic carbocycles. The molecule has 0 aliphatic heterocycles. The van der Waals surface area contributed by atoms with Crippen LogP contribution in [0.1, 0.15) is 87.5 Å². The van der Waals surface area contributed by atoms with Crippen molar-refractivity contribution in [3.05, 3.63) is 162 Å². The Balaban J connectivity index is 1.10.